The molecule has 0 bridgehead atoms. The first-order valence-electron chi connectivity index (χ1n) is 6.75. The van der Waals surface area contributed by atoms with Gasteiger partial charge in [-0.15, -0.1) is 0 Å². The van der Waals surface area contributed by atoms with Crippen molar-refractivity contribution in [1.82, 2.24) is 0 Å². The predicted octanol–water partition coefficient (Wildman–Crippen LogP) is 1.74. The molecule has 1 heterocycles. The van der Waals surface area contributed by atoms with Crippen LogP contribution in [0.25, 0.3) is 0 Å². The summed E-state index contributed by atoms with van der Waals surface area (Å²) in [5.41, 5.74) is -0.752. The van der Waals surface area contributed by atoms with E-state index in [1.54, 1.807) is 13.8 Å². The van der Waals surface area contributed by atoms with Crippen molar-refractivity contribution in [1.29, 1.82) is 0 Å². The van der Waals surface area contributed by atoms with Crippen molar-refractivity contribution in [3.8, 4) is 0 Å². The first-order chi connectivity index (χ1) is 9.57. The normalized spacial score (nSPS) is 33.5. The summed E-state index contributed by atoms with van der Waals surface area (Å²) in [6, 6.07) is 0. The summed E-state index contributed by atoms with van der Waals surface area (Å²) >= 11 is 0. The van der Waals surface area contributed by atoms with Gasteiger partial charge in [0.25, 0.3) is 0 Å². The zero-order valence-electron chi connectivity index (χ0n) is 12.5. The van der Waals surface area contributed by atoms with Gasteiger partial charge in [-0.3, -0.25) is 4.57 Å². The van der Waals surface area contributed by atoms with Crippen LogP contribution in [-0.2, 0) is 18.4 Å². The Balaban J connectivity index is 2.85. The fourth-order valence-electron chi connectivity index (χ4n) is 2.47. The molecule has 0 aromatic heterocycles. The molecule has 1 fully saturated rings. The van der Waals surface area contributed by atoms with Gasteiger partial charge in [-0.25, -0.2) is 4.79 Å². The van der Waals surface area contributed by atoms with Gasteiger partial charge >= 0.3 is 13.6 Å². The minimum absolute atomic E-state index is 0.0312. The lowest BCUT2D eigenvalue weighted by Crippen LogP contribution is -2.40. The SMILES string of the molecule is CC(=CP1(=O)OCC(CC(C)O)(CC(C)O)CO1)C(=O)O. The Bertz CT molecular complexity index is 431. The second kappa shape index (κ2) is 7.03. The zero-order valence-corrected chi connectivity index (χ0v) is 13.4. The number of carboxylic acids is 1. The van der Waals surface area contributed by atoms with Crippen LogP contribution in [0.4, 0.5) is 0 Å². The van der Waals surface area contributed by atoms with E-state index in [9.17, 15) is 19.6 Å². The van der Waals surface area contributed by atoms with Crippen LogP contribution >= 0.6 is 7.60 Å². The number of aliphatic hydroxyl groups is 2. The minimum atomic E-state index is -3.60. The highest BCUT2D eigenvalue weighted by Crippen LogP contribution is 2.57. The van der Waals surface area contributed by atoms with Gasteiger partial charge in [0.2, 0.25) is 0 Å². The largest absolute Gasteiger partial charge is 0.478 e. The molecule has 8 heteroatoms. The van der Waals surface area contributed by atoms with Crippen LogP contribution in [0.15, 0.2) is 11.4 Å². The number of aliphatic carboxylic acids is 1. The van der Waals surface area contributed by atoms with Crippen LogP contribution in [0.5, 0.6) is 0 Å². The molecule has 1 rings (SSSR count). The Hall–Kier alpha value is -0.720. The van der Waals surface area contributed by atoms with E-state index in [4.69, 9.17) is 14.2 Å². The Morgan fingerprint density at radius 1 is 1.24 bits per heavy atom. The lowest BCUT2D eigenvalue weighted by atomic mass is 9.79. The van der Waals surface area contributed by atoms with Gasteiger partial charge in [-0.1, -0.05) is 0 Å². The topological polar surface area (TPSA) is 113 Å². The minimum Gasteiger partial charge on any atom is -0.478 e. The summed E-state index contributed by atoms with van der Waals surface area (Å²) in [4.78, 5) is 10.8. The highest BCUT2D eigenvalue weighted by Gasteiger charge is 2.42. The standard InChI is InChI=1S/C13H23O7P/c1-9(12(16)17)6-21(18)19-7-13(8-20-21,4-10(2)14)5-11(3)15/h6,10-11,14-15H,4-5,7-8H2,1-3H3,(H,16,17). The van der Waals surface area contributed by atoms with Gasteiger partial charge in [0.15, 0.2) is 0 Å². The number of carboxylic acid groups (broad SMARTS) is 1. The fourth-order valence-corrected chi connectivity index (χ4v) is 4.19. The Kier molecular flexibility index (Phi) is 6.13. The summed E-state index contributed by atoms with van der Waals surface area (Å²) in [6.45, 7) is 4.61. The highest BCUT2D eigenvalue weighted by molar-refractivity contribution is 7.57. The van der Waals surface area contributed by atoms with E-state index in [2.05, 4.69) is 0 Å². The molecule has 2 unspecified atom stereocenters. The quantitative estimate of drug-likeness (QED) is 0.504. The number of rotatable bonds is 6. The molecule has 2 atom stereocenters. The molecule has 0 amide bonds. The van der Waals surface area contributed by atoms with Crippen LogP contribution in [0, 0.1) is 5.41 Å². The maximum atomic E-state index is 12.3. The van der Waals surface area contributed by atoms with Crippen molar-refractivity contribution in [2.24, 2.45) is 5.41 Å². The summed E-state index contributed by atoms with van der Waals surface area (Å²) in [7, 11) is -3.60. The molecule has 0 saturated carbocycles. The highest BCUT2D eigenvalue weighted by atomic mass is 31.2. The van der Waals surface area contributed by atoms with Gasteiger partial charge < -0.3 is 24.4 Å². The molecule has 0 radical (unpaired) electrons. The van der Waals surface area contributed by atoms with E-state index in [1.807, 2.05) is 0 Å². The molecule has 21 heavy (non-hydrogen) atoms. The van der Waals surface area contributed by atoms with E-state index in [1.165, 1.54) is 6.92 Å². The summed E-state index contributed by atoms with van der Waals surface area (Å²) in [5, 5.41) is 28.0. The third-order valence-electron chi connectivity index (χ3n) is 3.25. The number of hydrogen-bond donors (Lipinski definition) is 3. The Morgan fingerprint density at radius 3 is 2.00 bits per heavy atom. The van der Waals surface area contributed by atoms with E-state index in [0.717, 1.165) is 5.82 Å². The lowest BCUT2D eigenvalue weighted by molar-refractivity contribution is -0.132. The van der Waals surface area contributed by atoms with Gasteiger partial charge in [0.1, 0.15) is 0 Å². The molecule has 122 valence electrons. The molecule has 0 aliphatic carbocycles. The smallest absolute Gasteiger partial charge is 0.354 e. The van der Waals surface area contributed by atoms with E-state index in [0.29, 0.717) is 12.8 Å². The fraction of sp³-hybridized carbons (Fsp3) is 0.769. The number of aliphatic hydroxyl groups excluding tert-OH is 2. The second-order valence-corrected chi connectivity index (χ2v) is 7.66. The predicted molar refractivity (Wildman–Crippen MR) is 75.9 cm³/mol. The monoisotopic (exact) mass is 322 g/mol. The molecule has 3 N–H and O–H groups in total. The Labute approximate surface area is 124 Å². The van der Waals surface area contributed by atoms with Gasteiger partial charge in [-0.05, 0) is 33.6 Å². The number of carbonyl (C=O) groups is 1. The molecule has 1 aliphatic rings. The Morgan fingerprint density at radius 2 is 1.67 bits per heavy atom. The average molecular weight is 322 g/mol. The molecule has 0 spiro atoms. The molecule has 1 saturated heterocycles. The van der Waals surface area contributed by atoms with Gasteiger partial charge in [0.05, 0.1) is 25.4 Å². The zero-order chi connectivity index (χ0) is 16.3. The first kappa shape index (κ1) is 18.3. The van der Waals surface area contributed by atoms with Crippen molar-refractivity contribution >= 4 is 13.6 Å². The van der Waals surface area contributed by atoms with Gasteiger partial charge in [0, 0.05) is 16.8 Å². The van der Waals surface area contributed by atoms with Crippen LogP contribution in [0.3, 0.4) is 0 Å². The second-order valence-electron chi connectivity index (χ2n) is 5.81. The van der Waals surface area contributed by atoms with Crippen molar-refractivity contribution in [2.75, 3.05) is 13.2 Å². The molecular formula is C13H23O7P. The van der Waals surface area contributed by atoms with E-state index < -0.39 is 31.2 Å². The van der Waals surface area contributed by atoms with Crippen LogP contribution < -0.4 is 0 Å². The summed E-state index contributed by atoms with van der Waals surface area (Å²) in [5.74, 6) is -0.202. The third-order valence-corrected chi connectivity index (χ3v) is 4.93. The molecule has 1 aliphatic heterocycles. The molecule has 0 aromatic carbocycles. The van der Waals surface area contributed by atoms with Crippen molar-refractivity contribution in [3.63, 3.8) is 0 Å². The van der Waals surface area contributed by atoms with E-state index in [-0.39, 0.29) is 18.8 Å². The third kappa shape index (κ3) is 5.52. The lowest BCUT2D eigenvalue weighted by Gasteiger charge is -2.40. The van der Waals surface area contributed by atoms with Gasteiger partial charge in [-0.2, -0.15) is 0 Å². The van der Waals surface area contributed by atoms with Crippen LogP contribution in [-0.4, -0.2) is 46.7 Å². The summed E-state index contributed by atoms with van der Waals surface area (Å²) in [6.07, 6.45) is -0.576. The van der Waals surface area contributed by atoms with Crippen LogP contribution in [0.1, 0.15) is 33.6 Å². The maximum Gasteiger partial charge on any atom is 0.354 e. The molecular weight excluding hydrogens is 299 g/mol. The summed E-state index contributed by atoms with van der Waals surface area (Å²) < 4.78 is 22.8. The molecule has 7 nitrogen and oxygen atoms in total. The van der Waals surface area contributed by atoms with Crippen molar-refractivity contribution < 1.29 is 33.7 Å². The number of hydrogen-bond acceptors (Lipinski definition) is 6. The maximum absolute atomic E-state index is 12.3. The molecule has 0 aromatic rings. The average Bonchev–Trinajstić information content (AvgIpc) is 2.32. The first-order valence-corrected chi connectivity index (χ1v) is 8.36. The van der Waals surface area contributed by atoms with E-state index >= 15 is 0 Å². The van der Waals surface area contributed by atoms with Crippen molar-refractivity contribution in [2.45, 2.75) is 45.8 Å². The van der Waals surface area contributed by atoms with Crippen LogP contribution in [0.2, 0.25) is 0 Å². The van der Waals surface area contributed by atoms with Crippen molar-refractivity contribution in [3.05, 3.63) is 11.4 Å².